The molecule has 0 amide bonds. The summed E-state index contributed by atoms with van der Waals surface area (Å²) in [7, 11) is 0. The van der Waals surface area contributed by atoms with Gasteiger partial charge in [0, 0.05) is 62.3 Å². The summed E-state index contributed by atoms with van der Waals surface area (Å²) in [5.41, 5.74) is 2.68. The number of rotatable bonds is 5. The summed E-state index contributed by atoms with van der Waals surface area (Å²) >= 11 is 0. The molecule has 30 heavy (non-hydrogen) atoms. The van der Waals surface area contributed by atoms with E-state index < -0.39 is 5.82 Å². The van der Waals surface area contributed by atoms with Gasteiger partial charge >= 0.3 is 0 Å². The van der Waals surface area contributed by atoms with Crippen LogP contribution in [0, 0.1) is 5.82 Å². The van der Waals surface area contributed by atoms with E-state index in [2.05, 4.69) is 40.5 Å². The number of pyridine rings is 2. The Labute approximate surface area is 172 Å². The van der Waals surface area contributed by atoms with E-state index in [0.29, 0.717) is 17.0 Å². The second kappa shape index (κ2) is 8.13. The zero-order valence-electron chi connectivity index (χ0n) is 16.3. The Morgan fingerprint density at radius 1 is 1.07 bits per heavy atom. The third-order valence-corrected chi connectivity index (χ3v) is 5.13. The van der Waals surface area contributed by atoms with Crippen molar-refractivity contribution in [3.8, 4) is 11.3 Å². The van der Waals surface area contributed by atoms with Crippen LogP contribution in [-0.4, -0.2) is 56.0 Å². The van der Waals surface area contributed by atoms with Crippen LogP contribution in [0.25, 0.3) is 22.3 Å². The molecule has 152 valence electrons. The standard InChI is InChI=1S/C21H21FN8/c22-17-12-27-21(29-19(17)16-11-26-20-15(16)2-1-5-24-20)28-18-4-3-14(10-25-18)13-30-8-6-23-7-9-30/h1-5,10-12,23H,6-9,13H2,(H,24,26)(H,25,27,28,29). The van der Waals surface area contributed by atoms with E-state index in [4.69, 9.17) is 0 Å². The minimum Gasteiger partial charge on any atom is -0.345 e. The van der Waals surface area contributed by atoms with Gasteiger partial charge in [0.05, 0.1) is 6.20 Å². The summed E-state index contributed by atoms with van der Waals surface area (Å²) in [4.78, 5) is 22.6. The van der Waals surface area contributed by atoms with Gasteiger partial charge in [0.2, 0.25) is 5.95 Å². The van der Waals surface area contributed by atoms with Gasteiger partial charge < -0.3 is 15.6 Å². The van der Waals surface area contributed by atoms with Gasteiger partial charge in [0.25, 0.3) is 0 Å². The fourth-order valence-corrected chi connectivity index (χ4v) is 3.60. The number of piperazine rings is 1. The largest absolute Gasteiger partial charge is 0.345 e. The van der Waals surface area contributed by atoms with E-state index in [1.165, 1.54) is 6.20 Å². The highest BCUT2D eigenvalue weighted by Gasteiger charge is 2.15. The predicted molar refractivity (Wildman–Crippen MR) is 113 cm³/mol. The summed E-state index contributed by atoms with van der Waals surface area (Å²) < 4.78 is 14.5. The Kier molecular flexibility index (Phi) is 5.04. The van der Waals surface area contributed by atoms with E-state index in [-0.39, 0.29) is 11.6 Å². The van der Waals surface area contributed by atoms with E-state index in [0.717, 1.165) is 43.7 Å². The van der Waals surface area contributed by atoms with Gasteiger partial charge in [-0.25, -0.2) is 24.3 Å². The van der Waals surface area contributed by atoms with Gasteiger partial charge in [-0.15, -0.1) is 0 Å². The van der Waals surface area contributed by atoms with Crippen LogP contribution in [0.1, 0.15) is 5.56 Å². The molecular weight excluding hydrogens is 383 g/mol. The third kappa shape index (κ3) is 3.85. The molecule has 1 aliphatic heterocycles. The Balaban J connectivity index is 1.34. The van der Waals surface area contributed by atoms with Crippen LogP contribution in [0.5, 0.6) is 0 Å². The van der Waals surface area contributed by atoms with Gasteiger partial charge in [-0.1, -0.05) is 6.07 Å². The fourth-order valence-electron chi connectivity index (χ4n) is 3.60. The molecule has 3 N–H and O–H groups in total. The monoisotopic (exact) mass is 404 g/mol. The highest BCUT2D eigenvalue weighted by molar-refractivity contribution is 5.92. The van der Waals surface area contributed by atoms with Crippen molar-refractivity contribution in [2.24, 2.45) is 0 Å². The molecule has 0 atom stereocenters. The SMILES string of the molecule is Fc1cnc(Nc2ccc(CN3CCNCC3)cn2)nc1-c1c[nH]c2ncccc12. The summed E-state index contributed by atoms with van der Waals surface area (Å²) in [6, 6.07) is 7.61. The summed E-state index contributed by atoms with van der Waals surface area (Å²) in [6.07, 6.45) is 6.40. The maximum Gasteiger partial charge on any atom is 0.229 e. The first-order valence-electron chi connectivity index (χ1n) is 9.86. The summed E-state index contributed by atoms with van der Waals surface area (Å²) in [6.45, 7) is 4.99. The number of aromatic amines is 1. The number of anilines is 2. The number of hydrogen-bond donors (Lipinski definition) is 3. The molecule has 9 heteroatoms. The van der Waals surface area contributed by atoms with Gasteiger partial charge in [0.15, 0.2) is 5.82 Å². The molecule has 4 aromatic rings. The van der Waals surface area contributed by atoms with Crippen molar-refractivity contribution in [3.05, 3.63) is 60.4 Å². The lowest BCUT2D eigenvalue weighted by Gasteiger charge is -2.27. The Hall–Kier alpha value is -3.43. The Morgan fingerprint density at radius 3 is 2.80 bits per heavy atom. The Morgan fingerprint density at radius 2 is 1.97 bits per heavy atom. The molecule has 0 bridgehead atoms. The number of fused-ring (bicyclic) bond motifs is 1. The van der Waals surface area contributed by atoms with E-state index >= 15 is 0 Å². The van der Waals surface area contributed by atoms with Crippen LogP contribution in [0.15, 0.2) is 49.1 Å². The Bertz CT molecular complexity index is 1150. The number of H-pyrrole nitrogens is 1. The minimum atomic E-state index is -0.496. The number of hydrogen-bond acceptors (Lipinski definition) is 7. The molecule has 5 rings (SSSR count). The lowest BCUT2D eigenvalue weighted by molar-refractivity contribution is 0.233. The van der Waals surface area contributed by atoms with Crippen LogP contribution in [0.3, 0.4) is 0 Å². The average Bonchev–Trinajstić information content (AvgIpc) is 3.21. The van der Waals surface area contributed by atoms with Crippen LogP contribution >= 0.6 is 0 Å². The molecule has 4 aromatic heterocycles. The molecule has 0 aromatic carbocycles. The van der Waals surface area contributed by atoms with Crippen molar-refractivity contribution in [3.63, 3.8) is 0 Å². The van der Waals surface area contributed by atoms with E-state index in [1.54, 1.807) is 12.4 Å². The van der Waals surface area contributed by atoms with Crippen LogP contribution in [0.4, 0.5) is 16.2 Å². The minimum absolute atomic E-state index is 0.210. The zero-order valence-corrected chi connectivity index (χ0v) is 16.3. The number of nitrogens with zero attached hydrogens (tertiary/aromatic N) is 5. The first-order chi connectivity index (χ1) is 14.8. The molecule has 1 fully saturated rings. The smallest absolute Gasteiger partial charge is 0.229 e. The quantitative estimate of drug-likeness (QED) is 0.471. The van der Waals surface area contributed by atoms with Gasteiger partial charge in [0.1, 0.15) is 17.2 Å². The van der Waals surface area contributed by atoms with E-state index in [9.17, 15) is 4.39 Å². The lowest BCUT2D eigenvalue weighted by Crippen LogP contribution is -2.42. The molecule has 8 nitrogen and oxygen atoms in total. The average molecular weight is 404 g/mol. The number of nitrogens with one attached hydrogen (secondary N) is 3. The second-order valence-electron chi connectivity index (χ2n) is 7.19. The van der Waals surface area contributed by atoms with Crippen molar-refractivity contribution in [2.75, 3.05) is 31.5 Å². The first kappa shape index (κ1) is 18.6. The molecule has 0 unspecified atom stereocenters. The molecule has 0 aliphatic carbocycles. The van der Waals surface area contributed by atoms with Crippen molar-refractivity contribution in [1.82, 2.24) is 35.1 Å². The van der Waals surface area contributed by atoms with Crippen LogP contribution in [-0.2, 0) is 6.54 Å². The zero-order chi connectivity index (χ0) is 20.3. The van der Waals surface area contributed by atoms with Gasteiger partial charge in [-0.2, -0.15) is 0 Å². The van der Waals surface area contributed by atoms with Crippen molar-refractivity contribution in [1.29, 1.82) is 0 Å². The first-order valence-corrected chi connectivity index (χ1v) is 9.86. The second-order valence-corrected chi connectivity index (χ2v) is 7.19. The molecule has 0 saturated carbocycles. The highest BCUT2D eigenvalue weighted by atomic mass is 19.1. The van der Waals surface area contributed by atoms with Crippen molar-refractivity contribution in [2.45, 2.75) is 6.54 Å². The number of halogens is 1. The van der Waals surface area contributed by atoms with Gasteiger partial charge in [-0.05, 0) is 23.8 Å². The van der Waals surface area contributed by atoms with E-state index in [1.807, 2.05) is 30.5 Å². The number of aromatic nitrogens is 5. The molecule has 1 aliphatic rings. The lowest BCUT2D eigenvalue weighted by atomic mass is 10.1. The molecular formula is C21H21FN8. The van der Waals surface area contributed by atoms with Gasteiger partial charge in [-0.3, -0.25) is 4.90 Å². The maximum absolute atomic E-state index is 14.5. The van der Waals surface area contributed by atoms with Crippen LogP contribution in [0.2, 0.25) is 0 Å². The molecule has 5 heterocycles. The van der Waals surface area contributed by atoms with Crippen molar-refractivity contribution < 1.29 is 4.39 Å². The summed E-state index contributed by atoms with van der Waals surface area (Å²) in [5, 5.41) is 7.22. The molecule has 0 radical (unpaired) electrons. The fraction of sp³-hybridized carbons (Fsp3) is 0.238. The third-order valence-electron chi connectivity index (χ3n) is 5.13. The van der Waals surface area contributed by atoms with Crippen LogP contribution < -0.4 is 10.6 Å². The molecule has 0 spiro atoms. The predicted octanol–water partition coefficient (Wildman–Crippen LogP) is 2.70. The molecule has 1 saturated heterocycles. The normalized spacial score (nSPS) is 14.8. The maximum atomic E-state index is 14.5. The highest BCUT2D eigenvalue weighted by Crippen LogP contribution is 2.28. The van der Waals surface area contributed by atoms with Crippen molar-refractivity contribution >= 4 is 22.8 Å². The summed E-state index contributed by atoms with van der Waals surface area (Å²) in [5.74, 6) is 0.397. The topological polar surface area (TPSA) is 94.6 Å².